The summed E-state index contributed by atoms with van der Waals surface area (Å²) in [6.07, 6.45) is 3.59. The number of hydrogen-bond acceptors (Lipinski definition) is 4. The van der Waals surface area contributed by atoms with Gasteiger partial charge in [0.2, 0.25) is 0 Å². The van der Waals surface area contributed by atoms with Crippen molar-refractivity contribution in [3.63, 3.8) is 0 Å². The van der Waals surface area contributed by atoms with Gasteiger partial charge < -0.3 is 4.42 Å². The van der Waals surface area contributed by atoms with E-state index in [-0.39, 0.29) is 18.0 Å². The molecule has 0 bridgehead atoms. The summed E-state index contributed by atoms with van der Waals surface area (Å²) in [7, 11) is 0. The minimum Gasteiger partial charge on any atom is -0.456 e. The molecule has 0 aromatic carbocycles. The summed E-state index contributed by atoms with van der Waals surface area (Å²) in [6.45, 7) is 1.01. The van der Waals surface area contributed by atoms with Gasteiger partial charge in [0.15, 0.2) is 12.0 Å². The van der Waals surface area contributed by atoms with Crippen molar-refractivity contribution in [3.05, 3.63) is 40.0 Å². The number of furan rings is 1. The van der Waals surface area contributed by atoms with Gasteiger partial charge in [-0.2, -0.15) is 5.10 Å². The van der Waals surface area contributed by atoms with Crippen molar-refractivity contribution in [2.75, 3.05) is 0 Å². The van der Waals surface area contributed by atoms with Crippen LogP contribution in [0.5, 0.6) is 0 Å². The Morgan fingerprint density at radius 1 is 1.39 bits per heavy atom. The van der Waals surface area contributed by atoms with Crippen LogP contribution in [0.25, 0.3) is 0 Å². The molecule has 0 aliphatic carbocycles. The zero-order chi connectivity index (χ0) is 12.5. The average Bonchev–Trinajstić information content (AvgIpc) is 2.97. The van der Waals surface area contributed by atoms with Crippen LogP contribution in [0.3, 0.4) is 0 Å². The van der Waals surface area contributed by atoms with Gasteiger partial charge in [0.25, 0.3) is 0 Å². The third-order valence-electron chi connectivity index (χ3n) is 3.14. The molecule has 0 saturated carbocycles. The molecule has 0 atom stereocenters. The second-order valence-electron chi connectivity index (χ2n) is 4.39. The number of carbonyl (C=O) groups is 1. The minimum atomic E-state index is -0.103. The highest BCUT2D eigenvalue weighted by Crippen LogP contribution is 2.11. The van der Waals surface area contributed by atoms with E-state index in [1.165, 1.54) is 4.68 Å². The lowest BCUT2D eigenvalue weighted by molar-refractivity contribution is 0.109. The van der Waals surface area contributed by atoms with Gasteiger partial charge in [-0.3, -0.25) is 9.36 Å². The van der Waals surface area contributed by atoms with E-state index in [0.717, 1.165) is 31.6 Å². The molecule has 1 aliphatic rings. The Balaban J connectivity index is 1.91. The highest BCUT2D eigenvalue weighted by molar-refractivity contribution is 5.70. The molecule has 0 radical (unpaired) electrons. The Morgan fingerprint density at radius 2 is 2.28 bits per heavy atom. The smallest absolute Gasteiger partial charge is 0.346 e. The predicted molar refractivity (Wildman–Crippen MR) is 62.6 cm³/mol. The predicted octanol–water partition coefficient (Wildman–Crippen LogP) is 0.835. The van der Waals surface area contributed by atoms with E-state index in [4.69, 9.17) is 4.42 Å². The standard InChI is InChI=1S/C12H13N3O3/c16-8-10-5-4-9(18-10)7-15-12(17)14-6-2-1-3-11(14)13-15/h4-5,8H,1-3,6-7H2. The van der Waals surface area contributed by atoms with E-state index in [9.17, 15) is 9.59 Å². The fourth-order valence-corrected chi connectivity index (χ4v) is 2.24. The van der Waals surface area contributed by atoms with E-state index < -0.39 is 0 Å². The fourth-order valence-electron chi connectivity index (χ4n) is 2.24. The zero-order valence-electron chi connectivity index (χ0n) is 9.83. The number of nitrogens with zero attached hydrogens (tertiary/aromatic N) is 3. The molecular formula is C12H13N3O3. The first-order chi connectivity index (χ1) is 8.78. The van der Waals surface area contributed by atoms with Crippen molar-refractivity contribution in [2.45, 2.75) is 32.4 Å². The molecule has 0 amide bonds. The molecule has 0 saturated heterocycles. The molecule has 1 aliphatic heterocycles. The van der Waals surface area contributed by atoms with Crippen molar-refractivity contribution in [1.29, 1.82) is 0 Å². The van der Waals surface area contributed by atoms with Gasteiger partial charge in [-0.1, -0.05) is 0 Å². The van der Waals surface area contributed by atoms with Crippen LogP contribution < -0.4 is 5.69 Å². The first kappa shape index (κ1) is 11.0. The van der Waals surface area contributed by atoms with Gasteiger partial charge >= 0.3 is 5.69 Å². The summed E-state index contributed by atoms with van der Waals surface area (Å²) in [5.41, 5.74) is -0.103. The lowest BCUT2D eigenvalue weighted by Gasteiger charge is -2.09. The highest BCUT2D eigenvalue weighted by Gasteiger charge is 2.17. The summed E-state index contributed by atoms with van der Waals surface area (Å²) in [5.74, 6) is 1.67. The quantitative estimate of drug-likeness (QED) is 0.753. The summed E-state index contributed by atoms with van der Waals surface area (Å²) >= 11 is 0. The van der Waals surface area contributed by atoms with Crippen molar-refractivity contribution < 1.29 is 9.21 Å². The van der Waals surface area contributed by atoms with Crippen molar-refractivity contribution in [1.82, 2.24) is 14.3 Å². The second kappa shape index (κ2) is 4.29. The maximum Gasteiger partial charge on any atom is 0.346 e. The number of rotatable bonds is 3. The lowest BCUT2D eigenvalue weighted by Crippen LogP contribution is -2.27. The van der Waals surface area contributed by atoms with Crippen LogP contribution in [0.15, 0.2) is 21.3 Å². The third kappa shape index (κ3) is 1.79. The zero-order valence-corrected chi connectivity index (χ0v) is 9.83. The number of aldehydes is 1. The highest BCUT2D eigenvalue weighted by atomic mass is 16.3. The molecule has 0 N–H and O–H groups in total. The van der Waals surface area contributed by atoms with Crippen molar-refractivity contribution in [2.24, 2.45) is 0 Å². The molecule has 94 valence electrons. The van der Waals surface area contributed by atoms with Crippen LogP contribution in [0.2, 0.25) is 0 Å². The molecule has 3 heterocycles. The maximum absolute atomic E-state index is 12.0. The summed E-state index contributed by atoms with van der Waals surface area (Å²) in [5, 5.41) is 4.30. The van der Waals surface area contributed by atoms with E-state index >= 15 is 0 Å². The van der Waals surface area contributed by atoms with Gasteiger partial charge in [-0.25, -0.2) is 9.48 Å². The molecule has 6 nitrogen and oxygen atoms in total. The summed E-state index contributed by atoms with van der Waals surface area (Å²) in [4.78, 5) is 22.6. The van der Waals surface area contributed by atoms with Crippen molar-refractivity contribution >= 4 is 6.29 Å². The van der Waals surface area contributed by atoms with E-state index in [0.29, 0.717) is 12.0 Å². The van der Waals surface area contributed by atoms with Gasteiger partial charge in [0, 0.05) is 13.0 Å². The summed E-state index contributed by atoms with van der Waals surface area (Å²) in [6, 6.07) is 3.28. The topological polar surface area (TPSA) is 70.0 Å². The average molecular weight is 247 g/mol. The van der Waals surface area contributed by atoms with Crippen LogP contribution >= 0.6 is 0 Å². The fraction of sp³-hybridized carbons (Fsp3) is 0.417. The molecule has 0 spiro atoms. The maximum atomic E-state index is 12.0. The lowest BCUT2D eigenvalue weighted by atomic mass is 10.2. The molecule has 0 unspecified atom stereocenters. The Hall–Kier alpha value is -2.11. The molecule has 18 heavy (non-hydrogen) atoms. The van der Waals surface area contributed by atoms with Gasteiger partial charge in [-0.05, 0) is 25.0 Å². The molecule has 2 aromatic rings. The minimum absolute atomic E-state index is 0.103. The summed E-state index contributed by atoms with van der Waals surface area (Å²) < 4.78 is 8.36. The Kier molecular flexibility index (Phi) is 2.62. The Bertz CT molecular complexity index is 635. The molecule has 2 aromatic heterocycles. The van der Waals surface area contributed by atoms with E-state index in [1.807, 2.05) is 0 Å². The Morgan fingerprint density at radius 3 is 3.00 bits per heavy atom. The normalized spacial score (nSPS) is 14.4. The Labute approximate surface area is 103 Å². The molecular weight excluding hydrogens is 234 g/mol. The number of aromatic nitrogens is 3. The van der Waals surface area contributed by atoms with Gasteiger partial charge in [-0.15, -0.1) is 0 Å². The van der Waals surface area contributed by atoms with Crippen LogP contribution in [0.4, 0.5) is 0 Å². The third-order valence-corrected chi connectivity index (χ3v) is 3.14. The van der Waals surface area contributed by atoms with Gasteiger partial charge in [0.05, 0.1) is 0 Å². The largest absolute Gasteiger partial charge is 0.456 e. The van der Waals surface area contributed by atoms with Crippen LogP contribution in [0, 0.1) is 0 Å². The monoisotopic (exact) mass is 247 g/mol. The number of hydrogen-bond donors (Lipinski definition) is 0. The molecule has 6 heteroatoms. The number of fused-ring (bicyclic) bond motifs is 1. The number of carbonyl (C=O) groups excluding carboxylic acids is 1. The number of aryl methyl sites for hydroxylation is 1. The molecule has 0 fully saturated rings. The molecule has 3 rings (SSSR count). The first-order valence-electron chi connectivity index (χ1n) is 5.98. The van der Waals surface area contributed by atoms with Gasteiger partial charge in [0.1, 0.15) is 18.1 Å². The second-order valence-corrected chi connectivity index (χ2v) is 4.39. The van der Waals surface area contributed by atoms with Crippen LogP contribution in [-0.2, 0) is 19.5 Å². The van der Waals surface area contributed by atoms with Crippen LogP contribution in [0.1, 0.15) is 35.0 Å². The first-order valence-corrected chi connectivity index (χ1v) is 5.98. The van der Waals surface area contributed by atoms with E-state index in [2.05, 4.69) is 5.10 Å². The van der Waals surface area contributed by atoms with E-state index in [1.54, 1.807) is 16.7 Å². The van der Waals surface area contributed by atoms with Crippen molar-refractivity contribution in [3.8, 4) is 0 Å². The SMILES string of the molecule is O=Cc1ccc(Cn2nc3n(c2=O)CCCC3)o1. The van der Waals surface area contributed by atoms with Crippen LogP contribution in [-0.4, -0.2) is 20.6 Å².